The van der Waals surface area contributed by atoms with Gasteiger partial charge in [-0.05, 0) is 19.1 Å². The molecule has 0 aliphatic rings. The van der Waals surface area contributed by atoms with E-state index in [1.165, 1.54) is 23.5 Å². The van der Waals surface area contributed by atoms with Crippen LogP contribution >= 0.6 is 11.3 Å². The summed E-state index contributed by atoms with van der Waals surface area (Å²) in [7, 11) is 0. The fourth-order valence-corrected chi connectivity index (χ4v) is 2.84. The number of ether oxygens (including phenoxy) is 1. The van der Waals surface area contributed by atoms with E-state index in [2.05, 4.69) is 4.98 Å². The number of non-ortho nitro benzene ring substituents is 1. The fourth-order valence-electron chi connectivity index (χ4n) is 1.92. The molecule has 1 aromatic carbocycles. The predicted molar refractivity (Wildman–Crippen MR) is 77.5 cm³/mol. The molecule has 0 aliphatic carbocycles. The minimum atomic E-state index is -0.776. The SMILES string of the molecule is Cc1cc2nccc(Oc3ccc([N+](=O)[O-])cc3F)c2s1. The van der Waals surface area contributed by atoms with Gasteiger partial charge in [0.25, 0.3) is 5.69 Å². The first kappa shape index (κ1) is 13.4. The second kappa shape index (κ2) is 5.10. The molecular formula is C14H9FN2O3S. The molecule has 0 saturated heterocycles. The van der Waals surface area contributed by atoms with E-state index in [4.69, 9.17) is 4.74 Å². The lowest BCUT2D eigenvalue weighted by Crippen LogP contribution is -1.92. The van der Waals surface area contributed by atoms with Crippen LogP contribution in [0.3, 0.4) is 0 Å². The molecule has 3 rings (SSSR count). The van der Waals surface area contributed by atoms with Gasteiger partial charge in [0.05, 0.1) is 21.2 Å². The first-order chi connectivity index (χ1) is 10.0. The van der Waals surface area contributed by atoms with Crippen molar-refractivity contribution in [2.75, 3.05) is 0 Å². The Hall–Kier alpha value is -2.54. The summed E-state index contributed by atoms with van der Waals surface area (Å²) >= 11 is 1.49. The number of benzene rings is 1. The lowest BCUT2D eigenvalue weighted by atomic mass is 10.3. The number of nitro benzene ring substituents is 1. The van der Waals surface area contributed by atoms with E-state index in [9.17, 15) is 14.5 Å². The highest BCUT2D eigenvalue weighted by Crippen LogP contribution is 2.35. The Morgan fingerprint density at radius 1 is 1.29 bits per heavy atom. The van der Waals surface area contributed by atoms with Crippen LogP contribution < -0.4 is 4.74 Å². The van der Waals surface area contributed by atoms with Crippen molar-refractivity contribution in [3.05, 3.63) is 57.3 Å². The zero-order valence-electron chi connectivity index (χ0n) is 10.9. The highest BCUT2D eigenvalue weighted by atomic mass is 32.1. The van der Waals surface area contributed by atoms with Gasteiger partial charge >= 0.3 is 0 Å². The molecule has 7 heteroatoms. The number of halogens is 1. The number of aromatic nitrogens is 1. The van der Waals surface area contributed by atoms with Gasteiger partial charge < -0.3 is 4.74 Å². The molecule has 2 heterocycles. The van der Waals surface area contributed by atoms with Crippen molar-refractivity contribution >= 4 is 27.2 Å². The molecule has 0 N–H and O–H groups in total. The Bertz CT molecular complexity index is 847. The van der Waals surface area contributed by atoms with Crippen molar-refractivity contribution in [1.29, 1.82) is 0 Å². The van der Waals surface area contributed by atoms with Crippen LogP contribution in [0.15, 0.2) is 36.5 Å². The largest absolute Gasteiger partial charge is 0.453 e. The Morgan fingerprint density at radius 2 is 2.10 bits per heavy atom. The third kappa shape index (κ3) is 2.55. The molecule has 0 saturated carbocycles. The molecule has 0 unspecified atom stereocenters. The van der Waals surface area contributed by atoms with Crippen molar-refractivity contribution in [2.24, 2.45) is 0 Å². The van der Waals surface area contributed by atoms with Gasteiger partial charge in [-0.25, -0.2) is 4.39 Å². The maximum absolute atomic E-state index is 13.9. The monoisotopic (exact) mass is 304 g/mol. The number of nitrogens with zero attached hydrogens (tertiary/aromatic N) is 2. The van der Waals surface area contributed by atoms with Crippen molar-refractivity contribution in [3.63, 3.8) is 0 Å². The van der Waals surface area contributed by atoms with Gasteiger partial charge in [-0.1, -0.05) is 0 Å². The number of aryl methyl sites for hydroxylation is 1. The summed E-state index contributed by atoms with van der Waals surface area (Å²) < 4.78 is 20.2. The summed E-state index contributed by atoms with van der Waals surface area (Å²) in [5, 5.41) is 10.6. The summed E-state index contributed by atoms with van der Waals surface area (Å²) in [5.41, 5.74) is 0.462. The van der Waals surface area contributed by atoms with Gasteiger partial charge in [0.15, 0.2) is 11.6 Å². The Morgan fingerprint density at radius 3 is 2.81 bits per heavy atom. The molecule has 0 bridgehead atoms. The van der Waals surface area contributed by atoms with Crippen LogP contribution in [0.1, 0.15) is 4.88 Å². The van der Waals surface area contributed by atoms with E-state index < -0.39 is 10.7 Å². The average molecular weight is 304 g/mol. The second-order valence-corrected chi connectivity index (χ2v) is 5.61. The highest BCUT2D eigenvalue weighted by molar-refractivity contribution is 7.19. The molecule has 0 spiro atoms. The van der Waals surface area contributed by atoms with E-state index >= 15 is 0 Å². The topological polar surface area (TPSA) is 65.3 Å². The summed E-state index contributed by atoms with van der Waals surface area (Å²) in [6.45, 7) is 1.95. The molecule has 0 amide bonds. The van der Waals surface area contributed by atoms with E-state index in [0.717, 1.165) is 21.2 Å². The summed E-state index contributed by atoms with van der Waals surface area (Å²) in [4.78, 5) is 15.2. The number of hydrogen-bond donors (Lipinski definition) is 0. The lowest BCUT2D eigenvalue weighted by molar-refractivity contribution is -0.385. The van der Waals surface area contributed by atoms with Gasteiger partial charge in [0.2, 0.25) is 0 Å². The van der Waals surface area contributed by atoms with Crippen LogP contribution in [0.5, 0.6) is 11.5 Å². The van der Waals surface area contributed by atoms with Crippen molar-refractivity contribution in [2.45, 2.75) is 6.92 Å². The number of fused-ring (bicyclic) bond motifs is 1. The smallest absolute Gasteiger partial charge is 0.272 e. The number of nitro groups is 1. The summed E-state index contributed by atoms with van der Waals surface area (Å²) in [6.07, 6.45) is 1.58. The van der Waals surface area contributed by atoms with E-state index in [1.807, 2.05) is 13.0 Å². The Balaban J connectivity index is 2.00. The quantitative estimate of drug-likeness (QED) is 0.530. The second-order valence-electron chi connectivity index (χ2n) is 4.35. The molecule has 0 aliphatic heterocycles. The minimum Gasteiger partial charge on any atom is -0.453 e. The van der Waals surface area contributed by atoms with Crippen LogP contribution in [0.2, 0.25) is 0 Å². The van der Waals surface area contributed by atoms with Crippen molar-refractivity contribution in [3.8, 4) is 11.5 Å². The van der Waals surface area contributed by atoms with Crippen LogP contribution in [0.25, 0.3) is 10.2 Å². The van der Waals surface area contributed by atoms with Crippen LogP contribution in [0.4, 0.5) is 10.1 Å². The van der Waals surface area contributed by atoms with Crippen molar-refractivity contribution < 1.29 is 14.1 Å². The molecule has 0 fully saturated rings. The Labute approximate surface area is 122 Å². The maximum Gasteiger partial charge on any atom is 0.272 e. The van der Waals surface area contributed by atoms with Gasteiger partial charge in [0, 0.05) is 23.2 Å². The predicted octanol–water partition coefficient (Wildman–Crippen LogP) is 4.44. The van der Waals surface area contributed by atoms with Crippen LogP contribution in [-0.2, 0) is 0 Å². The van der Waals surface area contributed by atoms with Gasteiger partial charge in [-0.3, -0.25) is 15.1 Å². The maximum atomic E-state index is 13.9. The molecule has 21 heavy (non-hydrogen) atoms. The van der Waals surface area contributed by atoms with Crippen molar-refractivity contribution in [1.82, 2.24) is 4.98 Å². The molecule has 3 aromatic rings. The third-order valence-electron chi connectivity index (χ3n) is 2.85. The number of pyridine rings is 1. The van der Waals surface area contributed by atoms with Gasteiger partial charge in [-0.2, -0.15) is 0 Å². The molecule has 5 nitrogen and oxygen atoms in total. The molecular weight excluding hydrogens is 295 g/mol. The summed E-state index contributed by atoms with van der Waals surface area (Å²) in [6, 6.07) is 6.85. The van der Waals surface area contributed by atoms with E-state index in [0.29, 0.717) is 5.75 Å². The number of rotatable bonds is 3. The van der Waals surface area contributed by atoms with E-state index in [-0.39, 0.29) is 11.4 Å². The van der Waals surface area contributed by atoms with Crippen LogP contribution in [0, 0.1) is 22.9 Å². The highest BCUT2D eigenvalue weighted by Gasteiger charge is 2.14. The van der Waals surface area contributed by atoms with E-state index in [1.54, 1.807) is 12.3 Å². The van der Waals surface area contributed by atoms with Gasteiger partial charge in [-0.15, -0.1) is 11.3 Å². The first-order valence-electron chi connectivity index (χ1n) is 6.01. The molecule has 0 atom stereocenters. The minimum absolute atomic E-state index is 0.0563. The molecule has 0 radical (unpaired) electrons. The van der Waals surface area contributed by atoms with Crippen LogP contribution in [-0.4, -0.2) is 9.91 Å². The fraction of sp³-hybridized carbons (Fsp3) is 0.0714. The first-order valence-corrected chi connectivity index (χ1v) is 6.83. The zero-order valence-corrected chi connectivity index (χ0v) is 11.7. The Kier molecular flexibility index (Phi) is 3.26. The average Bonchev–Trinajstić information content (AvgIpc) is 2.82. The normalized spacial score (nSPS) is 10.8. The zero-order chi connectivity index (χ0) is 15.0. The third-order valence-corrected chi connectivity index (χ3v) is 3.90. The standard InChI is InChI=1S/C14H9FN2O3S/c1-8-6-11-14(21-8)13(4-5-16-11)20-12-3-2-9(17(18)19)7-10(12)15/h2-7H,1H3. The molecule has 2 aromatic heterocycles. The number of hydrogen-bond acceptors (Lipinski definition) is 5. The lowest BCUT2D eigenvalue weighted by Gasteiger charge is -2.07. The summed E-state index contributed by atoms with van der Waals surface area (Å²) in [5.74, 6) is -0.354. The molecule has 106 valence electrons. The number of thiophene rings is 1. The van der Waals surface area contributed by atoms with Gasteiger partial charge in [0.1, 0.15) is 5.75 Å².